The minimum atomic E-state index is -0.777. The molecule has 0 heterocycles. The van der Waals surface area contributed by atoms with Crippen LogP contribution in [0.5, 0.6) is 0 Å². The third kappa shape index (κ3) is 5.93. The van der Waals surface area contributed by atoms with E-state index in [0.717, 1.165) is 16.7 Å². The molecule has 0 spiro atoms. The number of nitriles is 1. The zero-order valence-electron chi connectivity index (χ0n) is 17.0. The van der Waals surface area contributed by atoms with Crippen molar-refractivity contribution in [3.8, 4) is 6.07 Å². The summed E-state index contributed by atoms with van der Waals surface area (Å²) in [6.45, 7) is 18.3. The second-order valence-corrected chi connectivity index (χ2v) is 7.86. The Labute approximate surface area is 162 Å². The van der Waals surface area contributed by atoms with E-state index < -0.39 is 11.0 Å². The van der Waals surface area contributed by atoms with Gasteiger partial charge in [0.2, 0.25) is 0 Å². The summed E-state index contributed by atoms with van der Waals surface area (Å²) in [6, 6.07) is 7.91. The molecule has 1 atom stereocenters. The van der Waals surface area contributed by atoms with Gasteiger partial charge in [-0.3, -0.25) is 4.79 Å². The van der Waals surface area contributed by atoms with E-state index in [1.165, 1.54) is 6.92 Å². The van der Waals surface area contributed by atoms with Gasteiger partial charge in [0.25, 0.3) is 5.54 Å². The van der Waals surface area contributed by atoms with Crippen LogP contribution in [0.3, 0.4) is 0 Å². The van der Waals surface area contributed by atoms with E-state index in [9.17, 15) is 14.9 Å². The molecule has 1 aromatic rings. The molecule has 0 radical (unpaired) electrons. The Balaban J connectivity index is 3.56. The Morgan fingerprint density at radius 2 is 1.78 bits per heavy atom. The normalized spacial score (nSPS) is 12.6. The van der Waals surface area contributed by atoms with Gasteiger partial charge in [-0.1, -0.05) is 6.07 Å². The highest BCUT2D eigenvalue weighted by Gasteiger charge is 2.31. The van der Waals surface area contributed by atoms with Gasteiger partial charge in [0, 0.05) is 31.7 Å². The van der Waals surface area contributed by atoms with Crippen molar-refractivity contribution in [3.05, 3.63) is 46.3 Å². The van der Waals surface area contributed by atoms with Gasteiger partial charge in [-0.15, -0.1) is 0 Å². The van der Waals surface area contributed by atoms with Crippen molar-refractivity contribution >= 4 is 11.8 Å². The third-order valence-corrected chi connectivity index (χ3v) is 4.67. The molecule has 0 fully saturated rings. The SMILES string of the molecule is [C-]#[N+]C(C)(C)c1cc(C(CC(C)=O)CC(=O)OCC)cc(C(C)(C)C#N)c1. The molecule has 1 aromatic carbocycles. The van der Waals surface area contributed by atoms with E-state index in [1.807, 2.05) is 45.9 Å². The highest BCUT2D eigenvalue weighted by Crippen LogP contribution is 2.35. The van der Waals surface area contributed by atoms with E-state index in [-0.39, 0.29) is 37.1 Å². The van der Waals surface area contributed by atoms with Crippen LogP contribution in [0.1, 0.15) is 77.0 Å². The second-order valence-electron chi connectivity index (χ2n) is 7.86. The second kappa shape index (κ2) is 8.82. The molecule has 0 aliphatic carbocycles. The van der Waals surface area contributed by atoms with E-state index >= 15 is 0 Å². The minimum absolute atomic E-state index is 0.0276. The maximum atomic E-state index is 12.0. The fourth-order valence-electron chi connectivity index (χ4n) is 2.81. The van der Waals surface area contributed by atoms with Crippen molar-refractivity contribution in [3.63, 3.8) is 0 Å². The maximum absolute atomic E-state index is 12.0. The minimum Gasteiger partial charge on any atom is -0.466 e. The Bertz CT molecular complexity index is 751. The van der Waals surface area contributed by atoms with Gasteiger partial charge in [0.15, 0.2) is 0 Å². The monoisotopic (exact) mass is 368 g/mol. The molecule has 1 unspecified atom stereocenters. The lowest BCUT2D eigenvalue weighted by molar-refractivity contribution is -0.143. The molecular formula is C22H28N2O3. The van der Waals surface area contributed by atoms with Crippen molar-refractivity contribution in [2.24, 2.45) is 0 Å². The summed E-state index contributed by atoms with van der Waals surface area (Å²) in [7, 11) is 0. The van der Waals surface area contributed by atoms with Crippen LogP contribution in [-0.2, 0) is 25.3 Å². The van der Waals surface area contributed by atoms with Gasteiger partial charge in [0.1, 0.15) is 5.78 Å². The summed E-state index contributed by atoms with van der Waals surface area (Å²) < 4.78 is 5.06. The molecule has 0 bridgehead atoms. The van der Waals surface area contributed by atoms with Crippen molar-refractivity contribution in [1.29, 1.82) is 5.26 Å². The van der Waals surface area contributed by atoms with Crippen LogP contribution in [-0.4, -0.2) is 18.4 Å². The predicted octanol–water partition coefficient (Wildman–Crippen LogP) is 4.66. The number of nitrogens with zero attached hydrogens (tertiary/aromatic N) is 2. The number of ether oxygens (including phenoxy) is 1. The standard InChI is InChI=1S/C22H28N2O3/c1-8-27-20(26)12-16(9-15(2)25)17-10-18(21(3,4)14-23)13-19(11-17)22(5,6)24-7/h10-11,13,16H,8-9,12H2,1-6H3. The predicted molar refractivity (Wildman–Crippen MR) is 104 cm³/mol. The van der Waals surface area contributed by atoms with Crippen molar-refractivity contribution in [2.45, 2.75) is 71.3 Å². The summed E-state index contributed by atoms with van der Waals surface area (Å²) in [6.07, 6.45) is 0.287. The molecule has 1 rings (SSSR count). The van der Waals surface area contributed by atoms with Gasteiger partial charge < -0.3 is 14.4 Å². The Morgan fingerprint density at radius 1 is 1.19 bits per heavy atom. The number of hydrogen-bond donors (Lipinski definition) is 0. The van der Waals surface area contributed by atoms with Gasteiger partial charge in [0.05, 0.1) is 24.5 Å². The van der Waals surface area contributed by atoms with Gasteiger partial charge in [-0.2, -0.15) is 5.26 Å². The van der Waals surface area contributed by atoms with Crippen LogP contribution < -0.4 is 0 Å². The number of Topliss-reactive ketones (excluding diaryl/α,β-unsaturated/α-hetero) is 1. The number of carbonyl (C=O) groups excluding carboxylic acids is 2. The average Bonchev–Trinajstić information content (AvgIpc) is 2.60. The number of rotatable bonds is 8. The first-order valence-corrected chi connectivity index (χ1v) is 9.07. The summed E-state index contributed by atoms with van der Waals surface area (Å²) in [5, 5.41) is 9.55. The first kappa shape index (κ1) is 22.4. The molecular weight excluding hydrogens is 340 g/mol. The smallest absolute Gasteiger partial charge is 0.306 e. The van der Waals surface area contributed by atoms with Crippen LogP contribution in [0.2, 0.25) is 0 Å². The fraction of sp³-hybridized carbons (Fsp3) is 0.545. The number of ketones is 1. The molecule has 5 heteroatoms. The number of esters is 1. The molecule has 0 aromatic heterocycles. The van der Waals surface area contributed by atoms with E-state index in [4.69, 9.17) is 11.3 Å². The van der Waals surface area contributed by atoms with Gasteiger partial charge in [-0.25, -0.2) is 6.57 Å². The van der Waals surface area contributed by atoms with E-state index in [2.05, 4.69) is 10.9 Å². The molecule has 0 saturated heterocycles. The van der Waals surface area contributed by atoms with Crippen molar-refractivity contribution in [1.82, 2.24) is 0 Å². The van der Waals surface area contributed by atoms with Crippen LogP contribution in [0, 0.1) is 17.9 Å². The Hall–Kier alpha value is -2.66. The van der Waals surface area contributed by atoms with Crippen LogP contribution >= 0.6 is 0 Å². The number of hydrogen-bond acceptors (Lipinski definition) is 4. The first-order valence-electron chi connectivity index (χ1n) is 9.07. The van der Waals surface area contributed by atoms with E-state index in [0.29, 0.717) is 0 Å². The Kier molecular flexibility index (Phi) is 7.31. The maximum Gasteiger partial charge on any atom is 0.306 e. The lowest BCUT2D eigenvalue weighted by Gasteiger charge is -2.24. The number of benzene rings is 1. The van der Waals surface area contributed by atoms with Crippen molar-refractivity contribution < 1.29 is 14.3 Å². The van der Waals surface area contributed by atoms with Crippen LogP contribution in [0.4, 0.5) is 0 Å². The summed E-state index contributed by atoms with van der Waals surface area (Å²) >= 11 is 0. The molecule has 5 nitrogen and oxygen atoms in total. The van der Waals surface area contributed by atoms with Crippen molar-refractivity contribution in [2.75, 3.05) is 6.61 Å². The summed E-state index contributed by atoms with van der Waals surface area (Å²) in [4.78, 5) is 27.5. The molecule has 0 N–H and O–H groups in total. The topological polar surface area (TPSA) is 71.5 Å². The summed E-state index contributed by atoms with van der Waals surface area (Å²) in [5.74, 6) is -0.740. The molecule has 0 amide bonds. The average molecular weight is 368 g/mol. The highest BCUT2D eigenvalue weighted by atomic mass is 16.5. The van der Waals surface area contributed by atoms with Gasteiger partial charge >= 0.3 is 5.97 Å². The van der Waals surface area contributed by atoms with E-state index in [1.54, 1.807) is 6.92 Å². The highest BCUT2D eigenvalue weighted by molar-refractivity contribution is 5.78. The summed E-state index contributed by atoms with van der Waals surface area (Å²) in [5.41, 5.74) is 0.789. The zero-order valence-corrected chi connectivity index (χ0v) is 17.0. The third-order valence-electron chi connectivity index (χ3n) is 4.67. The molecule has 0 aliphatic heterocycles. The lowest BCUT2D eigenvalue weighted by atomic mass is 9.79. The van der Waals surface area contributed by atoms with Gasteiger partial charge in [-0.05, 0) is 51.0 Å². The Morgan fingerprint density at radius 3 is 2.26 bits per heavy atom. The quantitative estimate of drug-likeness (QED) is 0.494. The fourth-order valence-corrected chi connectivity index (χ4v) is 2.81. The first-order chi connectivity index (χ1) is 12.5. The van der Waals surface area contributed by atoms with Crippen LogP contribution in [0.15, 0.2) is 18.2 Å². The van der Waals surface area contributed by atoms with Crippen LogP contribution in [0.25, 0.3) is 4.85 Å². The molecule has 144 valence electrons. The number of carbonyl (C=O) groups is 2. The molecule has 0 saturated carbocycles. The largest absolute Gasteiger partial charge is 0.466 e. The molecule has 27 heavy (non-hydrogen) atoms. The zero-order chi connectivity index (χ0) is 20.8. The molecule has 0 aliphatic rings. The lowest BCUT2D eigenvalue weighted by Crippen LogP contribution is -2.20.